The number of aromatic nitrogens is 2. The van der Waals surface area contributed by atoms with Crippen LogP contribution in [-0.4, -0.2) is 23.9 Å². The Labute approximate surface area is 201 Å². The topological polar surface area (TPSA) is 93.1 Å². The molecule has 0 spiro atoms. The van der Waals surface area contributed by atoms with E-state index in [0.29, 0.717) is 17.8 Å². The number of nitrogens with one attached hydrogen (secondary N) is 2. The van der Waals surface area contributed by atoms with E-state index in [2.05, 4.69) is 15.0 Å². The fraction of sp³-hybridized carbons (Fsp3) is 0.0833. The lowest BCUT2D eigenvalue weighted by atomic mass is 10.1. The predicted octanol–water partition coefficient (Wildman–Crippen LogP) is 5.09. The van der Waals surface area contributed by atoms with E-state index in [1.165, 1.54) is 24.3 Å². The van der Waals surface area contributed by atoms with Crippen molar-refractivity contribution in [2.45, 2.75) is 18.4 Å². The maximum absolute atomic E-state index is 13.3. The molecule has 0 fully saturated rings. The predicted molar refractivity (Wildman–Crippen MR) is 129 cm³/mol. The number of benzene rings is 3. The van der Waals surface area contributed by atoms with Gasteiger partial charge in [-0.05, 0) is 67.1 Å². The average molecular weight is 499 g/mol. The fourth-order valence-corrected chi connectivity index (χ4v) is 4.54. The molecule has 0 saturated carbocycles. The van der Waals surface area contributed by atoms with E-state index in [4.69, 9.17) is 11.6 Å². The molecule has 0 atom stereocenters. The van der Waals surface area contributed by atoms with Crippen LogP contribution in [0.2, 0.25) is 5.02 Å². The van der Waals surface area contributed by atoms with Gasteiger partial charge in [0.1, 0.15) is 11.6 Å². The maximum atomic E-state index is 13.3. The fourth-order valence-electron chi connectivity index (χ4n) is 3.21. The molecule has 7 nitrogen and oxygen atoms in total. The monoisotopic (exact) mass is 498 g/mol. The van der Waals surface area contributed by atoms with E-state index in [0.717, 1.165) is 29.6 Å². The van der Waals surface area contributed by atoms with Gasteiger partial charge in [0.25, 0.3) is 15.9 Å². The van der Waals surface area contributed by atoms with Gasteiger partial charge in [0.2, 0.25) is 0 Å². The summed E-state index contributed by atoms with van der Waals surface area (Å²) >= 11 is 5.68. The summed E-state index contributed by atoms with van der Waals surface area (Å²) in [4.78, 5) is 16.6. The molecular formula is C24H20ClFN4O3S. The lowest BCUT2D eigenvalue weighted by molar-refractivity contribution is 0.102. The Bertz CT molecular complexity index is 1440. The molecule has 0 radical (unpaired) electrons. The van der Waals surface area contributed by atoms with Crippen molar-refractivity contribution in [1.82, 2.24) is 9.55 Å². The summed E-state index contributed by atoms with van der Waals surface area (Å²) < 4.78 is 42.7. The average Bonchev–Trinajstić information content (AvgIpc) is 3.21. The lowest BCUT2D eigenvalue weighted by Gasteiger charge is -2.10. The molecular weight excluding hydrogens is 479 g/mol. The first kappa shape index (κ1) is 23.5. The zero-order chi connectivity index (χ0) is 24.3. The molecule has 0 unspecified atom stereocenters. The molecule has 1 heterocycles. The number of nitrogens with zero attached hydrogens (tertiary/aromatic N) is 2. The lowest BCUT2D eigenvalue weighted by Crippen LogP contribution is -2.14. The Balaban J connectivity index is 1.39. The Hall–Kier alpha value is -3.69. The first-order valence-corrected chi connectivity index (χ1v) is 12.0. The first-order chi connectivity index (χ1) is 16.2. The summed E-state index contributed by atoms with van der Waals surface area (Å²) in [6, 6.07) is 16.5. The molecule has 0 aliphatic heterocycles. The van der Waals surface area contributed by atoms with E-state index < -0.39 is 15.8 Å². The number of hydrogen-bond acceptors (Lipinski definition) is 4. The van der Waals surface area contributed by atoms with Crippen LogP contribution >= 0.6 is 11.6 Å². The van der Waals surface area contributed by atoms with Gasteiger partial charge in [0.15, 0.2) is 0 Å². The molecule has 4 aromatic rings. The number of carbonyl (C=O) groups excluding carboxylic acids is 1. The van der Waals surface area contributed by atoms with Crippen molar-refractivity contribution < 1.29 is 17.6 Å². The van der Waals surface area contributed by atoms with Crippen molar-refractivity contribution in [1.29, 1.82) is 0 Å². The SMILES string of the molecule is Cc1nccn1Cc1ccc(NC(=O)c2ccc(NS(=O)(=O)c3ccc(F)c(Cl)c3)cc2)cc1. The van der Waals surface area contributed by atoms with E-state index in [1.807, 2.05) is 42.0 Å². The number of rotatable bonds is 7. The number of aryl methyl sites for hydroxylation is 1. The quantitative estimate of drug-likeness (QED) is 0.371. The van der Waals surface area contributed by atoms with Gasteiger partial charge in [-0.3, -0.25) is 9.52 Å². The molecule has 0 aliphatic carbocycles. The maximum Gasteiger partial charge on any atom is 0.261 e. The molecule has 3 aromatic carbocycles. The Morgan fingerprint density at radius 1 is 1.03 bits per heavy atom. The molecule has 0 bridgehead atoms. The molecule has 10 heteroatoms. The van der Waals surface area contributed by atoms with Gasteiger partial charge in [0.05, 0.1) is 9.92 Å². The minimum absolute atomic E-state index is 0.174. The normalized spacial score (nSPS) is 11.3. The van der Waals surface area contributed by atoms with Crippen LogP contribution in [0.4, 0.5) is 15.8 Å². The highest BCUT2D eigenvalue weighted by Gasteiger charge is 2.16. The Morgan fingerprint density at radius 3 is 2.32 bits per heavy atom. The molecule has 4 rings (SSSR count). The van der Waals surface area contributed by atoms with Crippen molar-refractivity contribution in [2.24, 2.45) is 0 Å². The largest absolute Gasteiger partial charge is 0.331 e. The minimum atomic E-state index is -3.97. The first-order valence-electron chi connectivity index (χ1n) is 10.2. The van der Waals surface area contributed by atoms with Crippen molar-refractivity contribution in [3.8, 4) is 0 Å². The number of anilines is 2. The van der Waals surface area contributed by atoms with E-state index in [-0.39, 0.29) is 21.5 Å². The zero-order valence-electron chi connectivity index (χ0n) is 18.0. The summed E-state index contributed by atoms with van der Waals surface area (Å²) in [7, 11) is -3.97. The second-order valence-corrected chi connectivity index (χ2v) is 9.60. The number of carbonyl (C=O) groups is 1. The van der Waals surface area contributed by atoms with Crippen molar-refractivity contribution >= 4 is 38.9 Å². The van der Waals surface area contributed by atoms with Crippen molar-refractivity contribution in [3.05, 3.63) is 107 Å². The van der Waals surface area contributed by atoms with Crippen LogP contribution in [0.3, 0.4) is 0 Å². The minimum Gasteiger partial charge on any atom is -0.331 e. The Kier molecular flexibility index (Phi) is 6.67. The third-order valence-corrected chi connectivity index (χ3v) is 6.76. The number of halogens is 2. The van der Waals surface area contributed by atoms with Crippen LogP contribution in [-0.2, 0) is 16.6 Å². The van der Waals surface area contributed by atoms with Crippen LogP contribution in [0.5, 0.6) is 0 Å². The highest BCUT2D eigenvalue weighted by atomic mass is 35.5. The van der Waals surface area contributed by atoms with Gasteiger partial charge in [-0.25, -0.2) is 17.8 Å². The summed E-state index contributed by atoms with van der Waals surface area (Å²) in [5.41, 5.74) is 2.30. The number of sulfonamides is 1. The number of amides is 1. The molecule has 0 saturated heterocycles. The van der Waals surface area contributed by atoms with Gasteiger partial charge >= 0.3 is 0 Å². The summed E-state index contributed by atoms with van der Waals surface area (Å²) in [6.45, 7) is 2.62. The highest BCUT2D eigenvalue weighted by molar-refractivity contribution is 7.92. The van der Waals surface area contributed by atoms with Crippen molar-refractivity contribution in [2.75, 3.05) is 10.0 Å². The smallest absolute Gasteiger partial charge is 0.261 e. The molecule has 2 N–H and O–H groups in total. The molecule has 174 valence electrons. The standard InChI is InChI=1S/C24H20ClFN4O3S/c1-16-27-12-13-30(16)15-17-2-6-19(7-3-17)28-24(31)18-4-8-20(9-5-18)29-34(32,33)21-10-11-23(26)22(25)14-21/h2-14,29H,15H2,1H3,(H,28,31). The third kappa shape index (κ3) is 5.44. The highest BCUT2D eigenvalue weighted by Crippen LogP contribution is 2.22. The number of imidazole rings is 1. The van der Waals surface area contributed by atoms with E-state index in [1.54, 1.807) is 6.20 Å². The third-order valence-electron chi connectivity index (χ3n) is 5.09. The van der Waals surface area contributed by atoms with Gasteiger partial charge in [-0.1, -0.05) is 23.7 Å². The van der Waals surface area contributed by atoms with Crippen LogP contribution in [0.1, 0.15) is 21.7 Å². The second-order valence-electron chi connectivity index (χ2n) is 7.51. The molecule has 0 aliphatic rings. The zero-order valence-corrected chi connectivity index (χ0v) is 19.6. The van der Waals surface area contributed by atoms with Crippen LogP contribution in [0, 0.1) is 12.7 Å². The van der Waals surface area contributed by atoms with Crippen LogP contribution in [0.15, 0.2) is 84.0 Å². The Morgan fingerprint density at radius 2 is 1.71 bits per heavy atom. The second kappa shape index (κ2) is 9.66. The molecule has 1 aromatic heterocycles. The van der Waals surface area contributed by atoms with E-state index in [9.17, 15) is 17.6 Å². The van der Waals surface area contributed by atoms with Crippen LogP contribution in [0.25, 0.3) is 0 Å². The summed E-state index contributed by atoms with van der Waals surface area (Å²) in [5, 5.41) is 2.52. The molecule has 1 amide bonds. The molecule has 34 heavy (non-hydrogen) atoms. The van der Waals surface area contributed by atoms with Gasteiger partial charge in [-0.15, -0.1) is 0 Å². The van der Waals surface area contributed by atoms with Crippen LogP contribution < -0.4 is 10.0 Å². The van der Waals surface area contributed by atoms with E-state index >= 15 is 0 Å². The van der Waals surface area contributed by atoms with Gasteiger partial charge in [0, 0.05) is 35.9 Å². The van der Waals surface area contributed by atoms with Gasteiger partial charge in [-0.2, -0.15) is 0 Å². The summed E-state index contributed by atoms with van der Waals surface area (Å²) in [5.74, 6) is -0.124. The summed E-state index contributed by atoms with van der Waals surface area (Å²) in [6.07, 6.45) is 3.65. The number of hydrogen-bond donors (Lipinski definition) is 2. The van der Waals surface area contributed by atoms with Gasteiger partial charge < -0.3 is 9.88 Å². The van der Waals surface area contributed by atoms with Crippen molar-refractivity contribution in [3.63, 3.8) is 0 Å².